The van der Waals surface area contributed by atoms with Gasteiger partial charge in [-0.3, -0.25) is 0 Å². The maximum Gasteiger partial charge on any atom is 0.240 e. The zero-order valence-electron chi connectivity index (χ0n) is 12.9. The van der Waals surface area contributed by atoms with Gasteiger partial charge in [0.25, 0.3) is 0 Å². The van der Waals surface area contributed by atoms with Gasteiger partial charge >= 0.3 is 0 Å². The lowest BCUT2D eigenvalue weighted by molar-refractivity contribution is 0.536. The number of hydrogen-bond acceptors (Lipinski definition) is 3. The molecule has 2 aromatic carbocycles. The van der Waals surface area contributed by atoms with Crippen LogP contribution in [0, 0.1) is 0 Å². The number of rotatable bonds is 7. The molecule has 0 spiro atoms. The molecular weight excluding hydrogens is 296 g/mol. The Balaban J connectivity index is 2.09. The van der Waals surface area contributed by atoms with Gasteiger partial charge in [-0.2, -0.15) is 0 Å². The van der Waals surface area contributed by atoms with Crippen molar-refractivity contribution in [3.05, 3.63) is 54.6 Å². The number of sulfonamides is 1. The quantitative estimate of drug-likeness (QED) is 0.825. The summed E-state index contributed by atoms with van der Waals surface area (Å²) in [6, 6.07) is 16.9. The van der Waals surface area contributed by atoms with E-state index in [1.54, 1.807) is 12.1 Å². The molecule has 0 aromatic heterocycles. The van der Waals surface area contributed by atoms with Gasteiger partial charge in [0, 0.05) is 12.6 Å². The molecule has 2 rings (SSSR count). The molecule has 118 valence electrons. The second-order valence-corrected chi connectivity index (χ2v) is 6.97. The number of benzene rings is 2. The Morgan fingerprint density at radius 1 is 0.955 bits per heavy atom. The standard InChI is InChI=1S/C17H22N2O2S/c1-3-18-14(2)13-19-22(20,21)17-11-9-16(10-12-17)15-7-5-4-6-8-15/h4-12,14,18-19H,3,13H2,1-2H3/t14-/m1/s1. The Hall–Kier alpha value is -1.69. The zero-order chi connectivity index (χ0) is 16.0. The average molecular weight is 318 g/mol. The van der Waals surface area contributed by atoms with E-state index in [1.807, 2.05) is 56.3 Å². The Kier molecular flexibility index (Phi) is 5.71. The summed E-state index contributed by atoms with van der Waals surface area (Å²) in [6.45, 7) is 5.13. The van der Waals surface area contributed by atoms with Crippen LogP contribution in [0.15, 0.2) is 59.5 Å². The summed E-state index contributed by atoms with van der Waals surface area (Å²) < 4.78 is 27.1. The molecule has 0 aliphatic heterocycles. The van der Waals surface area contributed by atoms with Gasteiger partial charge in [-0.1, -0.05) is 49.4 Å². The summed E-state index contributed by atoms with van der Waals surface area (Å²) in [5, 5.41) is 3.17. The van der Waals surface area contributed by atoms with Crippen molar-refractivity contribution in [2.45, 2.75) is 24.8 Å². The van der Waals surface area contributed by atoms with Crippen molar-refractivity contribution < 1.29 is 8.42 Å². The van der Waals surface area contributed by atoms with Crippen LogP contribution in [-0.2, 0) is 10.0 Å². The van der Waals surface area contributed by atoms with E-state index < -0.39 is 10.0 Å². The largest absolute Gasteiger partial charge is 0.313 e. The van der Waals surface area contributed by atoms with Gasteiger partial charge in [-0.15, -0.1) is 0 Å². The summed E-state index contributed by atoms with van der Waals surface area (Å²) in [7, 11) is -3.46. The molecule has 2 aromatic rings. The van der Waals surface area contributed by atoms with Crippen LogP contribution in [0.3, 0.4) is 0 Å². The van der Waals surface area contributed by atoms with Crippen LogP contribution in [0.25, 0.3) is 11.1 Å². The van der Waals surface area contributed by atoms with E-state index in [9.17, 15) is 8.42 Å². The topological polar surface area (TPSA) is 58.2 Å². The molecule has 0 saturated carbocycles. The molecule has 0 amide bonds. The van der Waals surface area contributed by atoms with Crippen LogP contribution in [0.5, 0.6) is 0 Å². The third-order valence-corrected chi connectivity index (χ3v) is 4.84. The fourth-order valence-electron chi connectivity index (χ4n) is 2.20. The summed E-state index contributed by atoms with van der Waals surface area (Å²) in [5.74, 6) is 0. The summed E-state index contributed by atoms with van der Waals surface area (Å²) in [5.41, 5.74) is 2.07. The van der Waals surface area contributed by atoms with Crippen molar-refractivity contribution in [2.24, 2.45) is 0 Å². The average Bonchev–Trinajstić information content (AvgIpc) is 2.54. The first-order chi connectivity index (χ1) is 10.5. The highest BCUT2D eigenvalue weighted by atomic mass is 32.2. The van der Waals surface area contributed by atoms with E-state index in [1.165, 1.54) is 0 Å². The highest BCUT2D eigenvalue weighted by molar-refractivity contribution is 7.89. The monoisotopic (exact) mass is 318 g/mol. The van der Waals surface area contributed by atoms with Gasteiger partial charge in [0.1, 0.15) is 0 Å². The molecule has 0 bridgehead atoms. The molecule has 0 saturated heterocycles. The summed E-state index contributed by atoms with van der Waals surface area (Å²) in [4.78, 5) is 0.288. The summed E-state index contributed by atoms with van der Waals surface area (Å²) in [6.07, 6.45) is 0. The minimum atomic E-state index is -3.46. The Morgan fingerprint density at radius 2 is 1.55 bits per heavy atom. The predicted molar refractivity (Wildman–Crippen MR) is 90.2 cm³/mol. The smallest absolute Gasteiger partial charge is 0.240 e. The first-order valence-corrected chi connectivity index (χ1v) is 8.90. The van der Waals surface area contributed by atoms with Crippen LogP contribution in [0.4, 0.5) is 0 Å². The van der Waals surface area contributed by atoms with E-state index in [2.05, 4.69) is 10.0 Å². The van der Waals surface area contributed by atoms with E-state index in [0.717, 1.165) is 17.7 Å². The molecule has 0 heterocycles. The molecule has 0 aliphatic rings. The molecule has 2 N–H and O–H groups in total. The van der Waals surface area contributed by atoms with Crippen molar-refractivity contribution in [1.82, 2.24) is 10.0 Å². The third kappa shape index (κ3) is 4.40. The van der Waals surface area contributed by atoms with E-state index in [-0.39, 0.29) is 10.9 Å². The highest BCUT2D eigenvalue weighted by Gasteiger charge is 2.14. The van der Waals surface area contributed by atoms with E-state index in [4.69, 9.17) is 0 Å². The molecule has 5 heteroatoms. The van der Waals surface area contributed by atoms with Crippen LogP contribution in [0.1, 0.15) is 13.8 Å². The van der Waals surface area contributed by atoms with Gasteiger partial charge in [0.2, 0.25) is 10.0 Å². The minimum absolute atomic E-state index is 0.100. The lowest BCUT2D eigenvalue weighted by Crippen LogP contribution is -2.38. The second kappa shape index (κ2) is 7.54. The van der Waals surface area contributed by atoms with Gasteiger partial charge in [-0.05, 0) is 36.7 Å². The highest BCUT2D eigenvalue weighted by Crippen LogP contribution is 2.20. The molecule has 0 unspecified atom stereocenters. The van der Waals surface area contributed by atoms with Crippen molar-refractivity contribution in [1.29, 1.82) is 0 Å². The first-order valence-electron chi connectivity index (χ1n) is 7.41. The maximum atomic E-state index is 12.2. The van der Waals surface area contributed by atoms with Gasteiger partial charge in [-0.25, -0.2) is 13.1 Å². The first kappa shape index (κ1) is 16.7. The second-order valence-electron chi connectivity index (χ2n) is 5.20. The minimum Gasteiger partial charge on any atom is -0.313 e. The molecule has 0 radical (unpaired) electrons. The third-order valence-electron chi connectivity index (χ3n) is 3.40. The predicted octanol–water partition coefficient (Wildman–Crippen LogP) is 2.63. The van der Waals surface area contributed by atoms with Crippen molar-refractivity contribution >= 4 is 10.0 Å². The fraction of sp³-hybridized carbons (Fsp3) is 0.294. The number of likely N-dealkylation sites (N-methyl/N-ethyl adjacent to an activating group) is 1. The Bertz CT molecular complexity index is 682. The van der Waals surface area contributed by atoms with E-state index >= 15 is 0 Å². The van der Waals surface area contributed by atoms with Crippen LogP contribution < -0.4 is 10.0 Å². The normalized spacial score (nSPS) is 13.0. The van der Waals surface area contributed by atoms with Crippen LogP contribution in [0.2, 0.25) is 0 Å². The van der Waals surface area contributed by atoms with Crippen LogP contribution >= 0.6 is 0 Å². The Labute approximate surface area is 132 Å². The summed E-state index contributed by atoms with van der Waals surface area (Å²) >= 11 is 0. The van der Waals surface area contributed by atoms with Gasteiger partial charge in [0.05, 0.1) is 4.90 Å². The van der Waals surface area contributed by atoms with Crippen molar-refractivity contribution in [3.8, 4) is 11.1 Å². The zero-order valence-corrected chi connectivity index (χ0v) is 13.7. The number of nitrogens with one attached hydrogen (secondary N) is 2. The molecule has 22 heavy (non-hydrogen) atoms. The maximum absolute atomic E-state index is 12.2. The molecule has 4 nitrogen and oxygen atoms in total. The lowest BCUT2D eigenvalue weighted by Gasteiger charge is -2.13. The molecule has 1 atom stereocenters. The van der Waals surface area contributed by atoms with Crippen LogP contribution in [-0.4, -0.2) is 27.5 Å². The number of hydrogen-bond donors (Lipinski definition) is 2. The van der Waals surface area contributed by atoms with Gasteiger partial charge in [0.15, 0.2) is 0 Å². The lowest BCUT2D eigenvalue weighted by atomic mass is 10.1. The molecule has 0 fully saturated rings. The van der Waals surface area contributed by atoms with Crippen molar-refractivity contribution in [3.63, 3.8) is 0 Å². The van der Waals surface area contributed by atoms with Gasteiger partial charge < -0.3 is 5.32 Å². The van der Waals surface area contributed by atoms with E-state index in [0.29, 0.717) is 6.54 Å². The molecule has 0 aliphatic carbocycles. The van der Waals surface area contributed by atoms with Crippen molar-refractivity contribution in [2.75, 3.05) is 13.1 Å². The SMILES string of the molecule is CCN[C@H](C)CNS(=O)(=O)c1ccc(-c2ccccc2)cc1. The Morgan fingerprint density at radius 3 is 2.14 bits per heavy atom. The molecular formula is C17H22N2O2S. The fourth-order valence-corrected chi connectivity index (χ4v) is 3.33.